The van der Waals surface area contributed by atoms with E-state index in [-0.39, 0.29) is 0 Å². The fraction of sp³-hybridized carbons (Fsp3) is 0.333. The number of alkyl halides is 6. The van der Waals surface area contributed by atoms with Crippen LogP contribution >= 0.6 is 0 Å². The number of sulfone groups is 2. The highest BCUT2D eigenvalue weighted by Gasteiger charge is 2.98. The van der Waals surface area contributed by atoms with Gasteiger partial charge in [-0.3, -0.25) is 0 Å². The smallest absolute Gasteiger partial charge is 0.227 e. The van der Waals surface area contributed by atoms with Gasteiger partial charge in [-0.25, -0.2) is 25.6 Å². The molecular formula is C18H14F6O4S2. The minimum atomic E-state index is -5.48. The maximum absolute atomic E-state index is 15.5. The lowest BCUT2D eigenvalue weighted by atomic mass is 9.56. The van der Waals surface area contributed by atoms with Crippen molar-refractivity contribution in [1.29, 1.82) is 0 Å². The molecule has 0 saturated heterocycles. The molecule has 0 amide bonds. The molecule has 0 aliphatic heterocycles. The van der Waals surface area contributed by atoms with E-state index in [1.54, 1.807) is 0 Å². The fourth-order valence-corrected chi connectivity index (χ4v) is 4.69. The highest BCUT2D eigenvalue weighted by Crippen LogP contribution is 2.76. The van der Waals surface area contributed by atoms with Crippen LogP contribution in [0.5, 0.6) is 0 Å². The van der Waals surface area contributed by atoms with Gasteiger partial charge in [-0.1, -0.05) is 24.3 Å². The summed E-state index contributed by atoms with van der Waals surface area (Å²) in [4.78, 5) is -0.822. The van der Waals surface area contributed by atoms with E-state index in [1.165, 1.54) is 0 Å². The Labute approximate surface area is 168 Å². The van der Waals surface area contributed by atoms with Crippen molar-refractivity contribution in [3.8, 4) is 0 Å². The van der Waals surface area contributed by atoms with Crippen LogP contribution in [0.4, 0.5) is 26.3 Å². The van der Waals surface area contributed by atoms with Crippen LogP contribution in [-0.2, 0) is 31.0 Å². The second kappa shape index (κ2) is 6.22. The van der Waals surface area contributed by atoms with Crippen LogP contribution in [0.1, 0.15) is 11.1 Å². The van der Waals surface area contributed by atoms with Crippen molar-refractivity contribution in [1.82, 2.24) is 0 Å². The van der Waals surface area contributed by atoms with Crippen LogP contribution in [0.15, 0.2) is 58.3 Å². The number of benzene rings is 2. The first-order valence-corrected chi connectivity index (χ1v) is 12.0. The first kappa shape index (κ1) is 22.6. The summed E-state index contributed by atoms with van der Waals surface area (Å²) in [5.74, 6) is -11.0. The maximum Gasteiger partial charge on any atom is 0.355 e. The molecule has 0 aromatic heterocycles. The topological polar surface area (TPSA) is 68.3 Å². The number of halogens is 6. The second-order valence-electron chi connectivity index (χ2n) is 7.06. The van der Waals surface area contributed by atoms with Crippen LogP contribution in [-0.4, -0.2) is 41.2 Å². The van der Waals surface area contributed by atoms with Gasteiger partial charge in [0.2, 0.25) is 11.3 Å². The lowest BCUT2D eigenvalue weighted by Gasteiger charge is -2.58. The normalized spacial score (nSPS) is 28.0. The SMILES string of the molecule is CS(=O)(=O)c1ccc([C@]2(F)C(F)(F)C(F)(F)[C@@]2(F)c2ccc(S(C)(=O)=O)cc2)cc1. The van der Waals surface area contributed by atoms with Crippen LogP contribution in [0, 0.1) is 0 Å². The zero-order chi connectivity index (χ0) is 23.0. The van der Waals surface area contributed by atoms with Gasteiger partial charge in [-0.2, -0.15) is 17.6 Å². The van der Waals surface area contributed by atoms with Gasteiger partial charge in [0.1, 0.15) is 0 Å². The Bertz CT molecular complexity index is 1110. The Balaban J connectivity index is 2.21. The van der Waals surface area contributed by atoms with Gasteiger partial charge in [0.25, 0.3) is 0 Å². The lowest BCUT2D eigenvalue weighted by molar-refractivity contribution is -0.451. The third-order valence-corrected chi connectivity index (χ3v) is 7.35. The molecule has 0 radical (unpaired) electrons. The maximum atomic E-state index is 15.5. The molecule has 2 atom stereocenters. The third-order valence-electron chi connectivity index (χ3n) is 5.09. The van der Waals surface area contributed by atoms with E-state index in [4.69, 9.17) is 0 Å². The molecule has 1 aliphatic rings. The Morgan fingerprint density at radius 3 is 0.967 bits per heavy atom. The summed E-state index contributed by atoms with van der Waals surface area (Å²) in [6, 6.07) is 4.80. The lowest BCUT2D eigenvalue weighted by Crippen LogP contribution is -2.82. The van der Waals surface area contributed by atoms with Crippen LogP contribution in [0.25, 0.3) is 0 Å². The Morgan fingerprint density at radius 1 is 0.533 bits per heavy atom. The summed E-state index contributed by atoms with van der Waals surface area (Å²) < 4.78 is 134. The summed E-state index contributed by atoms with van der Waals surface area (Å²) >= 11 is 0. The largest absolute Gasteiger partial charge is 0.355 e. The summed E-state index contributed by atoms with van der Waals surface area (Å²) in [7, 11) is -7.63. The Hall–Kier alpha value is -2.08. The second-order valence-corrected chi connectivity index (χ2v) is 11.1. The van der Waals surface area contributed by atoms with Gasteiger partial charge in [-0.05, 0) is 35.4 Å². The van der Waals surface area contributed by atoms with E-state index in [0.717, 1.165) is 12.5 Å². The molecule has 1 fully saturated rings. The Morgan fingerprint density at radius 2 is 0.767 bits per heavy atom. The summed E-state index contributed by atoms with van der Waals surface area (Å²) in [6.07, 6.45) is 1.56. The van der Waals surface area contributed by atoms with Gasteiger partial charge >= 0.3 is 11.8 Å². The van der Waals surface area contributed by atoms with Crippen molar-refractivity contribution in [3.05, 3.63) is 59.7 Å². The molecule has 164 valence electrons. The van der Waals surface area contributed by atoms with Crippen molar-refractivity contribution >= 4 is 19.7 Å². The molecule has 0 unspecified atom stereocenters. The predicted octanol–water partition coefficient (Wildman–Crippen LogP) is 3.81. The van der Waals surface area contributed by atoms with E-state index in [9.17, 15) is 34.4 Å². The molecule has 2 aromatic carbocycles. The monoisotopic (exact) mass is 472 g/mol. The minimum Gasteiger partial charge on any atom is -0.227 e. The van der Waals surface area contributed by atoms with Crippen molar-refractivity contribution in [3.63, 3.8) is 0 Å². The summed E-state index contributed by atoms with van der Waals surface area (Å²) in [6.45, 7) is 0. The molecular weight excluding hydrogens is 458 g/mol. The number of hydrogen-bond acceptors (Lipinski definition) is 4. The average molecular weight is 472 g/mol. The van der Waals surface area contributed by atoms with Crippen molar-refractivity contribution < 1.29 is 43.2 Å². The molecule has 30 heavy (non-hydrogen) atoms. The molecule has 0 heterocycles. The van der Waals surface area contributed by atoms with E-state index in [2.05, 4.69) is 0 Å². The first-order valence-electron chi connectivity index (χ1n) is 8.17. The van der Waals surface area contributed by atoms with E-state index >= 15 is 8.78 Å². The third kappa shape index (κ3) is 2.65. The molecule has 1 saturated carbocycles. The van der Waals surface area contributed by atoms with E-state index in [0.29, 0.717) is 48.5 Å². The van der Waals surface area contributed by atoms with E-state index < -0.39 is 63.8 Å². The van der Waals surface area contributed by atoms with Gasteiger partial charge < -0.3 is 0 Å². The van der Waals surface area contributed by atoms with E-state index in [1.807, 2.05) is 0 Å². The molecule has 0 N–H and O–H groups in total. The van der Waals surface area contributed by atoms with Crippen molar-refractivity contribution in [2.45, 2.75) is 33.0 Å². The zero-order valence-electron chi connectivity index (χ0n) is 15.3. The van der Waals surface area contributed by atoms with Crippen LogP contribution < -0.4 is 0 Å². The summed E-state index contributed by atoms with van der Waals surface area (Å²) in [5, 5.41) is 0. The zero-order valence-corrected chi connectivity index (χ0v) is 17.0. The van der Waals surface area contributed by atoms with Crippen LogP contribution in [0.3, 0.4) is 0 Å². The van der Waals surface area contributed by atoms with Gasteiger partial charge in [0.05, 0.1) is 9.79 Å². The average Bonchev–Trinajstić information content (AvgIpc) is 2.64. The number of hydrogen-bond donors (Lipinski definition) is 0. The van der Waals surface area contributed by atoms with Crippen molar-refractivity contribution in [2.24, 2.45) is 0 Å². The first-order chi connectivity index (χ1) is 13.4. The van der Waals surface area contributed by atoms with Gasteiger partial charge in [-0.15, -0.1) is 0 Å². The highest BCUT2D eigenvalue weighted by molar-refractivity contribution is 7.91. The standard InChI is InChI=1S/C18H14F6O4S2/c1-29(25,26)13-7-3-11(4-8-13)15(19)16(20,18(23,24)17(15,21)22)12-5-9-14(10-6-12)30(2,27)28/h3-10H,1-2H3/t15-,16-/m1/s1. The minimum absolute atomic E-state index is 0.411. The Kier molecular flexibility index (Phi) is 4.69. The molecule has 3 rings (SSSR count). The summed E-state index contributed by atoms with van der Waals surface area (Å²) in [5.41, 5.74) is -11.5. The number of rotatable bonds is 4. The molecule has 12 heteroatoms. The predicted molar refractivity (Wildman–Crippen MR) is 94.6 cm³/mol. The molecule has 4 nitrogen and oxygen atoms in total. The quantitative estimate of drug-likeness (QED) is 0.635. The van der Waals surface area contributed by atoms with Crippen LogP contribution in [0.2, 0.25) is 0 Å². The molecule has 0 bridgehead atoms. The van der Waals surface area contributed by atoms with Gasteiger partial charge in [0, 0.05) is 12.5 Å². The molecule has 2 aromatic rings. The molecule has 0 spiro atoms. The highest BCUT2D eigenvalue weighted by atomic mass is 32.2. The fourth-order valence-electron chi connectivity index (χ4n) is 3.43. The van der Waals surface area contributed by atoms with Crippen molar-refractivity contribution in [2.75, 3.05) is 12.5 Å². The van der Waals surface area contributed by atoms with Gasteiger partial charge in [0.15, 0.2) is 19.7 Å². The molecule has 1 aliphatic carbocycles.